The van der Waals surface area contributed by atoms with Crippen molar-refractivity contribution < 1.29 is 0 Å². The SMILES string of the molecule is CCCNCCC=CCc1ccn(C(C)CC)n1. The van der Waals surface area contributed by atoms with Crippen molar-refractivity contribution in [2.75, 3.05) is 13.1 Å². The molecule has 0 radical (unpaired) electrons. The van der Waals surface area contributed by atoms with E-state index in [4.69, 9.17) is 0 Å². The lowest BCUT2D eigenvalue weighted by atomic mass is 10.2. The maximum absolute atomic E-state index is 4.58. The molecule has 0 saturated heterocycles. The van der Waals surface area contributed by atoms with Crippen molar-refractivity contribution in [2.45, 2.75) is 52.5 Å². The predicted octanol–water partition coefficient (Wildman–Crippen LogP) is 3.34. The fraction of sp³-hybridized carbons (Fsp3) is 0.667. The monoisotopic (exact) mass is 249 g/mol. The molecule has 3 nitrogen and oxygen atoms in total. The van der Waals surface area contributed by atoms with E-state index < -0.39 is 0 Å². The van der Waals surface area contributed by atoms with Gasteiger partial charge in [0.2, 0.25) is 0 Å². The maximum Gasteiger partial charge on any atom is 0.0662 e. The summed E-state index contributed by atoms with van der Waals surface area (Å²) >= 11 is 0. The van der Waals surface area contributed by atoms with Gasteiger partial charge in [0.05, 0.1) is 5.69 Å². The minimum Gasteiger partial charge on any atom is -0.316 e. The van der Waals surface area contributed by atoms with E-state index in [9.17, 15) is 0 Å². The summed E-state index contributed by atoms with van der Waals surface area (Å²) in [6.45, 7) is 8.77. The molecule has 0 saturated carbocycles. The van der Waals surface area contributed by atoms with Gasteiger partial charge in [0, 0.05) is 18.7 Å². The number of rotatable bonds is 9. The molecule has 1 aromatic heterocycles. The Morgan fingerprint density at radius 2 is 2.17 bits per heavy atom. The molecule has 0 spiro atoms. The van der Waals surface area contributed by atoms with E-state index in [0.717, 1.165) is 38.0 Å². The van der Waals surface area contributed by atoms with E-state index in [1.54, 1.807) is 0 Å². The van der Waals surface area contributed by atoms with Crippen molar-refractivity contribution in [3.05, 3.63) is 30.1 Å². The van der Waals surface area contributed by atoms with Crippen molar-refractivity contribution >= 4 is 0 Å². The van der Waals surface area contributed by atoms with Gasteiger partial charge in [-0.3, -0.25) is 4.68 Å². The second-order valence-electron chi connectivity index (χ2n) is 4.76. The molecule has 1 rings (SSSR count). The normalized spacial score (nSPS) is 13.3. The highest BCUT2D eigenvalue weighted by Gasteiger charge is 2.02. The lowest BCUT2D eigenvalue weighted by molar-refractivity contribution is 0.474. The van der Waals surface area contributed by atoms with E-state index >= 15 is 0 Å². The Kier molecular flexibility index (Phi) is 7.42. The summed E-state index contributed by atoms with van der Waals surface area (Å²) in [5.74, 6) is 0. The Morgan fingerprint density at radius 1 is 1.33 bits per heavy atom. The number of hydrogen-bond acceptors (Lipinski definition) is 2. The van der Waals surface area contributed by atoms with Crippen LogP contribution in [0.25, 0.3) is 0 Å². The molecule has 1 aromatic rings. The number of aromatic nitrogens is 2. The highest BCUT2D eigenvalue weighted by Crippen LogP contribution is 2.09. The van der Waals surface area contributed by atoms with Crippen LogP contribution in [0.4, 0.5) is 0 Å². The third kappa shape index (κ3) is 5.50. The Labute approximate surface area is 111 Å². The van der Waals surface area contributed by atoms with Gasteiger partial charge in [0.15, 0.2) is 0 Å². The van der Waals surface area contributed by atoms with Crippen LogP contribution in [0.1, 0.15) is 51.8 Å². The topological polar surface area (TPSA) is 29.9 Å². The van der Waals surface area contributed by atoms with Crippen LogP contribution in [0.2, 0.25) is 0 Å². The first-order chi connectivity index (χ1) is 8.77. The summed E-state index contributed by atoms with van der Waals surface area (Å²) in [4.78, 5) is 0. The van der Waals surface area contributed by atoms with Crippen LogP contribution in [0.5, 0.6) is 0 Å². The summed E-state index contributed by atoms with van der Waals surface area (Å²) in [7, 11) is 0. The molecule has 102 valence electrons. The Bertz CT molecular complexity index is 341. The van der Waals surface area contributed by atoms with Gasteiger partial charge in [0.25, 0.3) is 0 Å². The number of hydrogen-bond donors (Lipinski definition) is 1. The fourth-order valence-corrected chi connectivity index (χ4v) is 1.73. The number of nitrogens with one attached hydrogen (secondary N) is 1. The Hall–Kier alpha value is -1.09. The van der Waals surface area contributed by atoms with E-state index in [2.05, 4.69) is 60.3 Å². The minimum absolute atomic E-state index is 0.501. The van der Waals surface area contributed by atoms with Crippen molar-refractivity contribution in [1.82, 2.24) is 15.1 Å². The Morgan fingerprint density at radius 3 is 2.89 bits per heavy atom. The minimum atomic E-state index is 0.501. The summed E-state index contributed by atoms with van der Waals surface area (Å²) in [5, 5.41) is 7.97. The molecule has 0 aliphatic carbocycles. The molecule has 0 amide bonds. The average Bonchev–Trinajstić information content (AvgIpc) is 2.85. The number of nitrogens with zero attached hydrogens (tertiary/aromatic N) is 2. The molecule has 1 atom stereocenters. The van der Waals surface area contributed by atoms with Crippen LogP contribution in [-0.2, 0) is 6.42 Å². The first-order valence-electron chi connectivity index (χ1n) is 7.17. The zero-order chi connectivity index (χ0) is 13.2. The van der Waals surface area contributed by atoms with Gasteiger partial charge in [0.1, 0.15) is 0 Å². The summed E-state index contributed by atoms with van der Waals surface area (Å²) in [6.07, 6.45) is 10.9. The second kappa shape index (κ2) is 8.92. The smallest absolute Gasteiger partial charge is 0.0662 e. The van der Waals surface area contributed by atoms with Gasteiger partial charge in [-0.1, -0.05) is 26.0 Å². The number of allylic oxidation sites excluding steroid dienone is 1. The Balaban J connectivity index is 2.22. The van der Waals surface area contributed by atoms with Crippen LogP contribution in [-0.4, -0.2) is 22.9 Å². The molecule has 0 aliphatic heterocycles. The van der Waals surface area contributed by atoms with Crippen LogP contribution in [0.3, 0.4) is 0 Å². The van der Waals surface area contributed by atoms with E-state index in [1.807, 2.05) is 0 Å². The van der Waals surface area contributed by atoms with Crippen LogP contribution in [0, 0.1) is 0 Å². The highest BCUT2D eigenvalue weighted by atomic mass is 15.3. The molecule has 0 fully saturated rings. The van der Waals surface area contributed by atoms with Crippen molar-refractivity contribution in [2.24, 2.45) is 0 Å². The highest BCUT2D eigenvalue weighted by molar-refractivity contribution is 5.05. The lowest BCUT2D eigenvalue weighted by Crippen LogP contribution is -2.15. The molecule has 0 aliphatic rings. The van der Waals surface area contributed by atoms with Crippen molar-refractivity contribution in [3.63, 3.8) is 0 Å². The van der Waals surface area contributed by atoms with E-state index in [1.165, 1.54) is 6.42 Å². The van der Waals surface area contributed by atoms with Gasteiger partial charge >= 0.3 is 0 Å². The van der Waals surface area contributed by atoms with Gasteiger partial charge in [-0.2, -0.15) is 5.10 Å². The standard InChI is InChI=1S/C15H27N3/c1-4-11-16-12-8-6-7-9-15-10-13-18(17-15)14(3)5-2/h6-7,10,13-14,16H,4-5,8-9,11-12H2,1-3H3. The van der Waals surface area contributed by atoms with E-state index in [-0.39, 0.29) is 0 Å². The van der Waals surface area contributed by atoms with Gasteiger partial charge in [-0.25, -0.2) is 0 Å². The zero-order valence-electron chi connectivity index (χ0n) is 12.0. The zero-order valence-corrected chi connectivity index (χ0v) is 12.0. The van der Waals surface area contributed by atoms with Crippen molar-refractivity contribution in [1.29, 1.82) is 0 Å². The molecular formula is C15H27N3. The first-order valence-corrected chi connectivity index (χ1v) is 7.17. The fourth-order valence-electron chi connectivity index (χ4n) is 1.73. The van der Waals surface area contributed by atoms with Gasteiger partial charge in [-0.15, -0.1) is 0 Å². The first kappa shape index (κ1) is 15.0. The molecular weight excluding hydrogens is 222 g/mol. The van der Waals surface area contributed by atoms with Gasteiger partial charge in [-0.05, 0) is 45.3 Å². The molecule has 0 bridgehead atoms. The molecule has 1 heterocycles. The third-order valence-electron chi connectivity index (χ3n) is 3.11. The van der Waals surface area contributed by atoms with Crippen LogP contribution in [0.15, 0.2) is 24.4 Å². The van der Waals surface area contributed by atoms with Gasteiger partial charge < -0.3 is 5.32 Å². The van der Waals surface area contributed by atoms with Crippen molar-refractivity contribution in [3.8, 4) is 0 Å². The van der Waals surface area contributed by atoms with Crippen LogP contribution >= 0.6 is 0 Å². The molecule has 18 heavy (non-hydrogen) atoms. The van der Waals surface area contributed by atoms with Crippen LogP contribution < -0.4 is 5.32 Å². The molecule has 3 heteroatoms. The lowest BCUT2D eigenvalue weighted by Gasteiger charge is -2.07. The maximum atomic E-state index is 4.58. The quantitative estimate of drug-likeness (QED) is 0.537. The molecule has 1 unspecified atom stereocenters. The summed E-state index contributed by atoms with van der Waals surface area (Å²) in [6, 6.07) is 2.62. The summed E-state index contributed by atoms with van der Waals surface area (Å²) < 4.78 is 2.06. The largest absolute Gasteiger partial charge is 0.316 e. The summed E-state index contributed by atoms with van der Waals surface area (Å²) in [5.41, 5.74) is 1.16. The third-order valence-corrected chi connectivity index (χ3v) is 3.11. The average molecular weight is 249 g/mol. The molecule has 1 N–H and O–H groups in total. The second-order valence-corrected chi connectivity index (χ2v) is 4.76. The van der Waals surface area contributed by atoms with E-state index in [0.29, 0.717) is 6.04 Å². The molecule has 0 aromatic carbocycles. The predicted molar refractivity (Wildman–Crippen MR) is 77.9 cm³/mol.